The van der Waals surface area contributed by atoms with Crippen molar-refractivity contribution in [1.29, 1.82) is 0 Å². The second kappa shape index (κ2) is 8.26. The number of aliphatic carboxylic acids is 1. The third-order valence-electron chi connectivity index (χ3n) is 4.67. The van der Waals surface area contributed by atoms with E-state index >= 15 is 0 Å². The molecule has 29 heavy (non-hydrogen) atoms. The van der Waals surface area contributed by atoms with Crippen LogP contribution in [0.5, 0.6) is 0 Å². The first kappa shape index (κ1) is 20.2. The zero-order valence-electron chi connectivity index (χ0n) is 16.8. The lowest BCUT2D eigenvalue weighted by Gasteiger charge is -2.11. The maximum absolute atomic E-state index is 12.5. The van der Waals surface area contributed by atoms with Gasteiger partial charge in [-0.1, -0.05) is 5.16 Å². The predicted molar refractivity (Wildman–Crippen MR) is 104 cm³/mol. The number of benzene rings is 1. The number of nitrogens with one attached hydrogen (secondary N) is 1. The fraction of sp³-hybridized carbons (Fsp3) is 0.350. The van der Waals surface area contributed by atoms with Gasteiger partial charge >= 0.3 is 5.97 Å². The Kier molecular flexibility index (Phi) is 5.76. The molecule has 1 atom stereocenters. The topological polar surface area (TPSA) is 123 Å². The van der Waals surface area contributed by atoms with E-state index in [1.54, 1.807) is 42.8 Å². The van der Waals surface area contributed by atoms with E-state index in [0.29, 0.717) is 23.7 Å². The Labute approximate surface area is 167 Å². The van der Waals surface area contributed by atoms with Crippen LogP contribution in [0, 0.1) is 20.8 Å². The van der Waals surface area contributed by atoms with Crippen molar-refractivity contribution in [2.45, 2.75) is 46.6 Å². The van der Waals surface area contributed by atoms with Crippen LogP contribution in [0.3, 0.4) is 0 Å². The van der Waals surface area contributed by atoms with Crippen LogP contribution in [0.15, 0.2) is 28.8 Å². The lowest BCUT2D eigenvalue weighted by molar-refractivity contribution is -0.136. The standard InChI is InChI=1S/C20H23N5O4/c1-11-17(9-10-18(26)27)13(3)25(23-11)16-7-5-15(6-8-16)19(28)21-12(2)20-22-14(4)24-29-20/h5-8,12H,9-10H2,1-4H3,(H,21,28)(H,26,27). The van der Waals surface area contributed by atoms with Gasteiger partial charge in [-0.15, -0.1) is 0 Å². The first-order valence-corrected chi connectivity index (χ1v) is 9.24. The van der Waals surface area contributed by atoms with Crippen LogP contribution in [0.4, 0.5) is 0 Å². The van der Waals surface area contributed by atoms with Crippen LogP contribution in [-0.2, 0) is 11.2 Å². The third kappa shape index (κ3) is 4.50. The molecule has 9 heteroatoms. The Bertz CT molecular complexity index is 1040. The monoisotopic (exact) mass is 397 g/mol. The summed E-state index contributed by atoms with van der Waals surface area (Å²) in [5.41, 5.74) is 3.90. The Balaban J connectivity index is 1.74. The van der Waals surface area contributed by atoms with Crippen LogP contribution in [-0.4, -0.2) is 36.9 Å². The maximum atomic E-state index is 12.5. The molecule has 2 heterocycles. The van der Waals surface area contributed by atoms with Gasteiger partial charge in [0.15, 0.2) is 5.82 Å². The van der Waals surface area contributed by atoms with Crippen LogP contribution in [0.25, 0.3) is 5.69 Å². The first-order chi connectivity index (χ1) is 13.8. The van der Waals surface area contributed by atoms with Crippen molar-refractivity contribution in [3.05, 3.63) is 58.5 Å². The fourth-order valence-corrected chi connectivity index (χ4v) is 3.10. The minimum atomic E-state index is -0.836. The normalized spacial score (nSPS) is 12.0. The van der Waals surface area contributed by atoms with Gasteiger partial charge in [0, 0.05) is 17.7 Å². The average Bonchev–Trinajstić information content (AvgIpc) is 3.23. The smallest absolute Gasteiger partial charge is 0.303 e. The van der Waals surface area contributed by atoms with Crippen molar-refractivity contribution in [2.75, 3.05) is 0 Å². The Morgan fingerprint density at radius 1 is 1.21 bits per heavy atom. The van der Waals surface area contributed by atoms with E-state index in [1.165, 1.54) is 0 Å². The highest BCUT2D eigenvalue weighted by atomic mass is 16.5. The highest BCUT2D eigenvalue weighted by molar-refractivity contribution is 5.94. The van der Waals surface area contributed by atoms with Crippen molar-refractivity contribution in [1.82, 2.24) is 25.2 Å². The van der Waals surface area contributed by atoms with Crippen molar-refractivity contribution >= 4 is 11.9 Å². The number of carboxylic acids is 1. The number of amides is 1. The molecule has 0 saturated carbocycles. The summed E-state index contributed by atoms with van der Waals surface area (Å²) in [6.45, 7) is 7.26. The van der Waals surface area contributed by atoms with Crippen molar-refractivity contribution in [3.63, 3.8) is 0 Å². The molecule has 0 spiro atoms. The van der Waals surface area contributed by atoms with Crippen LogP contribution < -0.4 is 5.32 Å². The first-order valence-electron chi connectivity index (χ1n) is 9.24. The minimum Gasteiger partial charge on any atom is -0.481 e. The van der Waals surface area contributed by atoms with E-state index in [4.69, 9.17) is 9.63 Å². The zero-order chi connectivity index (χ0) is 21.1. The highest BCUT2D eigenvalue weighted by Gasteiger charge is 2.17. The molecular weight excluding hydrogens is 374 g/mol. The Hall–Kier alpha value is -3.49. The molecule has 0 radical (unpaired) electrons. The van der Waals surface area contributed by atoms with E-state index in [9.17, 15) is 9.59 Å². The zero-order valence-corrected chi connectivity index (χ0v) is 16.8. The molecule has 0 bridgehead atoms. The molecule has 1 aromatic carbocycles. The minimum absolute atomic E-state index is 0.0598. The van der Waals surface area contributed by atoms with Crippen LogP contribution >= 0.6 is 0 Å². The lowest BCUT2D eigenvalue weighted by atomic mass is 10.1. The summed E-state index contributed by atoms with van der Waals surface area (Å²) in [6, 6.07) is 6.62. The molecule has 0 saturated heterocycles. The summed E-state index contributed by atoms with van der Waals surface area (Å²) in [5, 5.41) is 20.0. The quantitative estimate of drug-likeness (QED) is 0.628. The van der Waals surface area contributed by atoms with Gasteiger partial charge in [0.1, 0.15) is 6.04 Å². The van der Waals surface area contributed by atoms with Crippen LogP contribution in [0.1, 0.15) is 58.4 Å². The SMILES string of the molecule is Cc1noc(C(C)NC(=O)c2ccc(-n3nc(C)c(CCC(=O)O)c3C)cc2)n1. The van der Waals surface area contributed by atoms with E-state index in [1.807, 2.05) is 13.8 Å². The number of hydrogen-bond acceptors (Lipinski definition) is 6. The second-order valence-electron chi connectivity index (χ2n) is 6.88. The summed E-state index contributed by atoms with van der Waals surface area (Å²) in [7, 11) is 0. The van der Waals surface area contributed by atoms with Gasteiger partial charge in [-0.3, -0.25) is 9.59 Å². The van der Waals surface area contributed by atoms with Crippen molar-refractivity contribution < 1.29 is 19.2 Å². The molecule has 0 fully saturated rings. The molecule has 152 valence electrons. The molecule has 1 unspecified atom stereocenters. The molecule has 0 aliphatic rings. The molecule has 3 rings (SSSR count). The summed E-state index contributed by atoms with van der Waals surface area (Å²) >= 11 is 0. The number of carboxylic acid groups (broad SMARTS) is 1. The van der Waals surface area contributed by atoms with E-state index < -0.39 is 12.0 Å². The Morgan fingerprint density at radius 2 is 1.90 bits per heavy atom. The highest BCUT2D eigenvalue weighted by Crippen LogP contribution is 2.20. The van der Waals surface area contributed by atoms with Gasteiger partial charge < -0.3 is 14.9 Å². The predicted octanol–water partition coefficient (Wildman–Crippen LogP) is 2.69. The molecule has 3 aromatic rings. The number of aromatic nitrogens is 4. The van der Waals surface area contributed by atoms with Crippen molar-refractivity contribution in [3.8, 4) is 5.69 Å². The summed E-state index contributed by atoms with van der Waals surface area (Å²) in [4.78, 5) is 27.5. The van der Waals surface area contributed by atoms with Gasteiger partial charge in [0.2, 0.25) is 5.89 Å². The van der Waals surface area contributed by atoms with Gasteiger partial charge in [-0.05, 0) is 63.9 Å². The summed E-state index contributed by atoms with van der Waals surface area (Å²) < 4.78 is 6.84. The number of hydrogen-bond donors (Lipinski definition) is 2. The number of carbonyl (C=O) groups excluding carboxylic acids is 1. The van der Waals surface area contributed by atoms with Crippen molar-refractivity contribution in [2.24, 2.45) is 0 Å². The maximum Gasteiger partial charge on any atom is 0.303 e. The average molecular weight is 397 g/mol. The van der Waals surface area contributed by atoms with Gasteiger partial charge in [0.25, 0.3) is 5.91 Å². The molecule has 2 N–H and O–H groups in total. The molecule has 1 amide bonds. The number of nitrogens with zero attached hydrogens (tertiary/aromatic N) is 4. The summed E-state index contributed by atoms with van der Waals surface area (Å²) in [6.07, 6.45) is 0.491. The summed E-state index contributed by atoms with van der Waals surface area (Å²) in [5.74, 6) is -0.227. The van der Waals surface area contributed by atoms with Gasteiger partial charge in [0.05, 0.1) is 11.4 Å². The lowest BCUT2D eigenvalue weighted by Crippen LogP contribution is -2.26. The molecule has 9 nitrogen and oxygen atoms in total. The third-order valence-corrected chi connectivity index (χ3v) is 4.67. The largest absolute Gasteiger partial charge is 0.481 e. The number of aryl methyl sites for hydroxylation is 2. The molecule has 0 aliphatic heterocycles. The van der Waals surface area contributed by atoms with E-state index in [2.05, 4.69) is 20.6 Å². The second-order valence-corrected chi connectivity index (χ2v) is 6.88. The Morgan fingerprint density at radius 3 is 2.48 bits per heavy atom. The van der Waals surface area contributed by atoms with Gasteiger partial charge in [-0.25, -0.2) is 4.68 Å². The van der Waals surface area contributed by atoms with E-state index in [0.717, 1.165) is 22.6 Å². The number of rotatable bonds is 7. The van der Waals surface area contributed by atoms with Crippen LogP contribution in [0.2, 0.25) is 0 Å². The number of carbonyl (C=O) groups is 2. The van der Waals surface area contributed by atoms with Gasteiger partial charge in [-0.2, -0.15) is 10.1 Å². The van der Waals surface area contributed by atoms with E-state index in [-0.39, 0.29) is 12.3 Å². The molecule has 2 aromatic heterocycles. The molecule has 0 aliphatic carbocycles. The molecular formula is C20H23N5O4. The fourth-order valence-electron chi connectivity index (χ4n) is 3.10.